The monoisotopic (exact) mass is 254 g/mol. The van der Waals surface area contributed by atoms with Crippen molar-refractivity contribution >= 4 is 0 Å². The Balaban J connectivity index is 2.14. The summed E-state index contributed by atoms with van der Waals surface area (Å²) in [7, 11) is 0. The van der Waals surface area contributed by atoms with Crippen LogP contribution in [-0.2, 0) is 0 Å². The predicted molar refractivity (Wildman–Crippen MR) is 80.7 cm³/mol. The molecule has 2 nitrogen and oxygen atoms in total. The molecule has 18 heavy (non-hydrogen) atoms. The van der Waals surface area contributed by atoms with E-state index in [4.69, 9.17) is 5.73 Å². The van der Waals surface area contributed by atoms with Crippen molar-refractivity contribution in [3.63, 3.8) is 0 Å². The first-order valence-electron chi connectivity index (χ1n) is 7.88. The molecule has 0 aliphatic carbocycles. The zero-order valence-electron chi connectivity index (χ0n) is 13.0. The van der Waals surface area contributed by atoms with Gasteiger partial charge in [-0.2, -0.15) is 0 Å². The van der Waals surface area contributed by atoms with E-state index < -0.39 is 0 Å². The number of rotatable bonds is 6. The second kappa shape index (κ2) is 7.49. The molecule has 108 valence electrons. The Kier molecular flexibility index (Phi) is 6.65. The molecular weight excluding hydrogens is 220 g/mol. The molecule has 1 unspecified atom stereocenters. The summed E-state index contributed by atoms with van der Waals surface area (Å²) >= 11 is 0. The van der Waals surface area contributed by atoms with E-state index in [0.717, 1.165) is 18.8 Å². The van der Waals surface area contributed by atoms with Crippen LogP contribution in [0.2, 0.25) is 0 Å². The van der Waals surface area contributed by atoms with E-state index in [1.807, 2.05) is 0 Å². The summed E-state index contributed by atoms with van der Waals surface area (Å²) in [6.07, 6.45) is 7.89. The van der Waals surface area contributed by atoms with Gasteiger partial charge in [0.25, 0.3) is 0 Å². The fourth-order valence-electron chi connectivity index (χ4n) is 3.14. The van der Waals surface area contributed by atoms with Gasteiger partial charge in [0.05, 0.1) is 0 Å². The van der Waals surface area contributed by atoms with Crippen molar-refractivity contribution in [1.82, 2.24) is 4.90 Å². The van der Waals surface area contributed by atoms with Crippen molar-refractivity contribution in [2.75, 3.05) is 19.6 Å². The van der Waals surface area contributed by atoms with Gasteiger partial charge in [0.15, 0.2) is 0 Å². The van der Waals surface area contributed by atoms with Crippen LogP contribution >= 0.6 is 0 Å². The first-order valence-corrected chi connectivity index (χ1v) is 7.88. The Bertz CT molecular complexity index is 212. The van der Waals surface area contributed by atoms with Crippen molar-refractivity contribution < 1.29 is 0 Å². The third-order valence-electron chi connectivity index (χ3n) is 4.09. The average Bonchev–Trinajstić information content (AvgIpc) is 2.26. The minimum atomic E-state index is 0.369. The van der Waals surface area contributed by atoms with Gasteiger partial charge in [-0.1, -0.05) is 40.5 Å². The number of piperidine rings is 1. The molecule has 0 aromatic carbocycles. The number of nitrogens with zero attached hydrogens (tertiary/aromatic N) is 1. The van der Waals surface area contributed by atoms with Crippen LogP contribution < -0.4 is 5.73 Å². The lowest BCUT2D eigenvalue weighted by atomic mass is 9.87. The third-order valence-corrected chi connectivity index (χ3v) is 4.09. The maximum atomic E-state index is 6.23. The number of hydrogen-bond acceptors (Lipinski definition) is 2. The summed E-state index contributed by atoms with van der Waals surface area (Å²) in [5.74, 6) is 0.995. The van der Waals surface area contributed by atoms with Gasteiger partial charge in [-0.15, -0.1) is 0 Å². The average molecular weight is 254 g/mol. The molecule has 1 saturated heterocycles. The zero-order valence-corrected chi connectivity index (χ0v) is 13.0. The highest BCUT2D eigenvalue weighted by atomic mass is 15.1. The Hall–Kier alpha value is -0.0800. The molecule has 0 spiro atoms. The molecular formula is C16H34N2. The van der Waals surface area contributed by atoms with E-state index in [9.17, 15) is 0 Å². The normalized spacial score (nSPS) is 21.2. The summed E-state index contributed by atoms with van der Waals surface area (Å²) in [4.78, 5) is 2.62. The second-order valence-electron chi connectivity index (χ2n) is 7.39. The van der Waals surface area contributed by atoms with Crippen LogP contribution in [0.25, 0.3) is 0 Å². The third kappa shape index (κ3) is 6.75. The van der Waals surface area contributed by atoms with Gasteiger partial charge in [-0.05, 0) is 56.7 Å². The van der Waals surface area contributed by atoms with E-state index in [-0.39, 0.29) is 0 Å². The van der Waals surface area contributed by atoms with Crippen LogP contribution in [0.4, 0.5) is 0 Å². The molecule has 1 aliphatic rings. The largest absolute Gasteiger partial charge is 0.328 e. The smallest absolute Gasteiger partial charge is 0.00559 e. The summed E-state index contributed by atoms with van der Waals surface area (Å²) < 4.78 is 0. The van der Waals surface area contributed by atoms with Crippen LogP contribution in [0.1, 0.15) is 66.2 Å². The van der Waals surface area contributed by atoms with Crippen LogP contribution in [0.3, 0.4) is 0 Å². The molecule has 0 amide bonds. The highest BCUT2D eigenvalue weighted by Gasteiger charge is 2.20. The highest BCUT2D eigenvalue weighted by Crippen LogP contribution is 2.23. The predicted octanol–water partition coefficient (Wildman–Crippen LogP) is 3.65. The molecule has 0 bridgehead atoms. The summed E-state index contributed by atoms with van der Waals surface area (Å²) in [6, 6.07) is 0.373. The Morgan fingerprint density at radius 2 is 1.83 bits per heavy atom. The maximum Gasteiger partial charge on any atom is 0.00559 e. The number of hydrogen-bond donors (Lipinski definition) is 1. The molecule has 0 radical (unpaired) electrons. The van der Waals surface area contributed by atoms with Gasteiger partial charge < -0.3 is 10.6 Å². The molecule has 1 aliphatic heterocycles. The van der Waals surface area contributed by atoms with Gasteiger partial charge in [-0.3, -0.25) is 0 Å². The van der Waals surface area contributed by atoms with Crippen LogP contribution in [0, 0.1) is 11.3 Å². The van der Waals surface area contributed by atoms with E-state index in [1.54, 1.807) is 0 Å². The van der Waals surface area contributed by atoms with Gasteiger partial charge in [0.2, 0.25) is 0 Å². The molecule has 1 heterocycles. The lowest BCUT2D eigenvalue weighted by Crippen LogP contribution is -2.37. The summed E-state index contributed by atoms with van der Waals surface area (Å²) in [6.45, 7) is 12.9. The molecule has 1 rings (SSSR count). The summed E-state index contributed by atoms with van der Waals surface area (Å²) in [5.41, 5.74) is 6.59. The van der Waals surface area contributed by atoms with Gasteiger partial charge in [-0.25, -0.2) is 0 Å². The van der Waals surface area contributed by atoms with Gasteiger partial charge in [0.1, 0.15) is 0 Å². The van der Waals surface area contributed by atoms with Gasteiger partial charge in [0, 0.05) is 6.04 Å². The SMILES string of the molecule is CCCC1CCN(CCC(N)CC(C)(C)C)CC1. The summed E-state index contributed by atoms with van der Waals surface area (Å²) in [5, 5.41) is 0. The Morgan fingerprint density at radius 3 is 2.33 bits per heavy atom. The fraction of sp³-hybridized carbons (Fsp3) is 1.00. The first-order chi connectivity index (χ1) is 8.40. The Labute approximate surface area is 114 Å². The van der Waals surface area contributed by atoms with Crippen molar-refractivity contribution in [1.29, 1.82) is 0 Å². The van der Waals surface area contributed by atoms with E-state index in [2.05, 4.69) is 32.6 Å². The molecule has 1 atom stereocenters. The van der Waals surface area contributed by atoms with E-state index in [0.29, 0.717) is 11.5 Å². The lowest BCUT2D eigenvalue weighted by molar-refractivity contribution is 0.170. The van der Waals surface area contributed by atoms with Gasteiger partial charge >= 0.3 is 0 Å². The lowest BCUT2D eigenvalue weighted by Gasteiger charge is -2.33. The topological polar surface area (TPSA) is 29.3 Å². The minimum Gasteiger partial charge on any atom is -0.328 e. The fourth-order valence-corrected chi connectivity index (χ4v) is 3.14. The van der Waals surface area contributed by atoms with Crippen molar-refractivity contribution in [2.24, 2.45) is 17.1 Å². The first kappa shape index (κ1) is 16.0. The van der Waals surface area contributed by atoms with Crippen LogP contribution in [0.15, 0.2) is 0 Å². The quantitative estimate of drug-likeness (QED) is 0.784. The van der Waals surface area contributed by atoms with Crippen LogP contribution in [0.5, 0.6) is 0 Å². The van der Waals surface area contributed by atoms with Crippen molar-refractivity contribution in [3.05, 3.63) is 0 Å². The molecule has 0 aromatic rings. The molecule has 0 aromatic heterocycles. The maximum absolute atomic E-state index is 6.23. The van der Waals surface area contributed by atoms with Crippen molar-refractivity contribution in [2.45, 2.75) is 72.3 Å². The van der Waals surface area contributed by atoms with E-state index >= 15 is 0 Å². The number of likely N-dealkylation sites (tertiary alicyclic amines) is 1. The number of nitrogens with two attached hydrogens (primary N) is 1. The molecule has 2 heteroatoms. The van der Waals surface area contributed by atoms with Crippen LogP contribution in [-0.4, -0.2) is 30.6 Å². The zero-order chi connectivity index (χ0) is 13.6. The highest BCUT2D eigenvalue weighted by molar-refractivity contribution is 4.76. The van der Waals surface area contributed by atoms with E-state index in [1.165, 1.54) is 45.3 Å². The molecule has 2 N–H and O–H groups in total. The minimum absolute atomic E-state index is 0.369. The van der Waals surface area contributed by atoms with Crippen molar-refractivity contribution in [3.8, 4) is 0 Å². The second-order valence-corrected chi connectivity index (χ2v) is 7.39. The Morgan fingerprint density at radius 1 is 1.22 bits per heavy atom. The standard InChI is InChI=1S/C16H34N2/c1-5-6-14-7-10-18(11-8-14)12-9-15(17)13-16(2,3)4/h14-15H,5-13,17H2,1-4H3. The molecule has 1 fully saturated rings. The molecule has 0 saturated carbocycles.